The molecule has 1 aliphatic rings. The number of likely N-dealkylation sites (tertiary alicyclic amines) is 1. The van der Waals surface area contributed by atoms with Crippen LogP contribution < -0.4 is 0 Å². The van der Waals surface area contributed by atoms with E-state index in [9.17, 15) is 10.2 Å². The largest absolute Gasteiger partial charge is 0.381 e. The van der Waals surface area contributed by atoms with Crippen LogP contribution in [0.5, 0.6) is 0 Å². The SMILES string of the molecule is CN1CC(C)([C@@](O)(c2cncc(-c3noc(C(C)(C)O)n3)c2)c2ccc3ccccc3c2)C1. The Hall–Kier alpha value is -3.13. The van der Waals surface area contributed by atoms with Crippen molar-refractivity contribution < 1.29 is 14.7 Å². The zero-order valence-electron chi connectivity index (χ0n) is 19.3. The van der Waals surface area contributed by atoms with E-state index >= 15 is 0 Å². The predicted octanol–water partition coefficient (Wildman–Crippen LogP) is 3.70. The van der Waals surface area contributed by atoms with Gasteiger partial charge in [-0.2, -0.15) is 4.98 Å². The van der Waals surface area contributed by atoms with Crippen molar-refractivity contribution in [3.05, 3.63) is 77.9 Å². The second-order valence-electron chi connectivity index (χ2n) is 9.95. The van der Waals surface area contributed by atoms with E-state index in [2.05, 4.69) is 52.2 Å². The topological polar surface area (TPSA) is 95.5 Å². The van der Waals surface area contributed by atoms with Gasteiger partial charge in [-0.3, -0.25) is 4.98 Å². The lowest BCUT2D eigenvalue weighted by molar-refractivity contribution is -0.127. The Bertz CT molecular complexity index is 1320. The Morgan fingerprint density at radius 2 is 1.70 bits per heavy atom. The molecular weight excluding hydrogens is 416 g/mol. The summed E-state index contributed by atoms with van der Waals surface area (Å²) >= 11 is 0. The molecule has 0 amide bonds. The molecular formula is C26H28N4O3. The molecule has 7 nitrogen and oxygen atoms in total. The van der Waals surface area contributed by atoms with Gasteiger partial charge in [0, 0.05) is 42.0 Å². The van der Waals surface area contributed by atoms with Crippen LogP contribution in [0, 0.1) is 5.41 Å². The van der Waals surface area contributed by atoms with Crippen LogP contribution in [0.15, 0.2) is 65.4 Å². The van der Waals surface area contributed by atoms with E-state index in [1.54, 1.807) is 26.2 Å². The number of fused-ring (bicyclic) bond motifs is 1. The van der Waals surface area contributed by atoms with Crippen molar-refractivity contribution in [2.75, 3.05) is 20.1 Å². The highest BCUT2D eigenvalue weighted by atomic mass is 16.5. The Kier molecular flexibility index (Phi) is 4.90. The maximum absolute atomic E-state index is 12.4. The monoisotopic (exact) mass is 444 g/mol. The molecule has 0 aliphatic carbocycles. The Morgan fingerprint density at radius 3 is 2.36 bits per heavy atom. The molecule has 1 fully saturated rings. The van der Waals surface area contributed by atoms with Gasteiger partial charge in [0.25, 0.3) is 5.89 Å². The van der Waals surface area contributed by atoms with Crippen molar-refractivity contribution in [2.45, 2.75) is 32.0 Å². The maximum Gasteiger partial charge on any atom is 0.258 e. The smallest absolute Gasteiger partial charge is 0.258 e. The average Bonchev–Trinajstić information content (AvgIpc) is 3.28. The third-order valence-electron chi connectivity index (χ3n) is 6.64. The summed E-state index contributed by atoms with van der Waals surface area (Å²) in [6.45, 7) is 6.77. The molecule has 0 radical (unpaired) electrons. The lowest BCUT2D eigenvalue weighted by Gasteiger charge is -2.55. The molecule has 0 saturated carbocycles. The van der Waals surface area contributed by atoms with Crippen LogP contribution >= 0.6 is 0 Å². The van der Waals surface area contributed by atoms with E-state index in [4.69, 9.17) is 4.52 Å². The number of pyridine rings is 1. The van der Waals surface area contributed by atoms with Crippen LogP contribution in [0.25, 0.3) is 22.2 Å². The summed E-state index contributed by atoms with van der Waals surface area (Å²) < 4.78 is 5.25. The molecule has 33 heavy (non-hydrogen) atoms. The summed E-state index contributed by atoms with van der Waals surface area (Å²) in [7, 11) is 2.05. The van der Waals surface area contributed by atoms with E-state index in [0.717, 1.165) is 29.4 Å². The number of rotatable bonds is 5. The summed E-state index contributed by atoms with van der Waals surface area (Å²) in [4.78, 5) is 11.0. The van der Waals surface area contributed by atoms with Crippen molar-refractivity contribution in [3.63, 3.8) is 0 Å². The van der Waals surface area contributed by atoms with Crippen LogP contribution in [0.4, 0.5) is 0 Å². The van der Waals surface area contributed by atoms with E-state index < -0.39 is 16.6 Å². The minimum Gasteiger partial charge on any atom is -0.381 e. The van der Waals surface area contributed by atoms with Crippen LogP contribution in [-0.4, -0.2) is 50.4 Å². The maximum atomic E-state index is 12.4. The minimum atomic E-state index is -1.28. The van der Waals surface area contributed by atoms with Crippen molar-refractivity contribution in [2.24, 2.45) is 5.41 Å². The van der Waals surface area contributed by atoms with Gasteiger partial charge in [0.1, 0.15) is 11.2 Å². The number of aliphatic hydroxyl groups is 2. The van der Waals surface area contributed by atoms with E-state index in [1.807, 2.05) is 30.3 Å². The first-order chi connectivity index (χ1) is 15.6. The van der Waals surface area contributed by atoms with Crippen molar-refractivity contribution in [3.8, 4) is 11.4 Å². The molecule has 1 aliphatic heterocycles. The third kappa shape index (κ3) is 3.53. The summed E-state index contributed by atoms with van der Waals surface area (Å²) in [6.07, 6.45) is 3.35. The van der Waals surface area contributed by atoms with Gasteiger partial charge in [0.05, 0.1) is 0 Å². The van der Waals surface area contributed by atoms with Crippen molar-refractivity contribution >= 4 is 10.8 Å². The molecule has 3 heterocycles. The first kappa shape index (κ1) is 21.7. The summed E-state index contributed by atoms with van der Waals surface area (Å²) in [5.74, 6) is 0.443. The van der Waals surface area contributed by atoms with Gasteiger partial charge >= 0.3 is 0 Å². The minimum absolute atomic E-state index is 0.125. The van der Waals surface area contributed by atoms with Crippen LogP contribution in [0.3, 0.4) is 0 Å². The second kappa shape index (κ2) is 7.45. The molecule has 5 rings (SSSR count). The molecule has 1 atom stereocenters. The Morgan fingerprint density at radius 1 is 0.970 bits per heavy atom. The molecule has 0 unspecified atom stereocenters. The molecule has 170 valence electrons. The zero-order valence-corrected chi connectivity index (χ0v) is 19.3. The normalized spacial score (nSPS) is 18.1. The van der Waals surface area contributed by atoms with Gasteiger partial charge in [-0.15, -0.1) is 0 Å². The molecule has 2 aromatic carbocycles. The van der Waals surface area contributed by atoms with Crippen LogP contribution in [0.2, 0.25) is 0 Å². The predicted molar refractivity (Wildman–Crippen MR) is 125 cm³/mol. The fourth-order valence-corrected chi connectivity index (χ4v) is 5.00. The molecule has 1 saturated heterocycles. The van der Waals surface area contributed by atoms with E-state index in [0.29, 0.717) is 17.0 Å². The highest BCUT2D eigenvalue weighted by molar-refractivity contribution is 5.83. The average molecular weight is 445 g/mol. The quantitative estimate of drug-likeness (QED) is 0.485. The fraction of sp³-hybridized carbons (Fsp3) is 0.346. The molecule has 0 spiro atoms. The Balaban J connectivity index is 1.65. The first-order valence-electron chi connectivity index (χ1n) is 11.0. The highest BCUT2D eigenvalue weighted by Crippen LogP contribution is 2.50. The van der Waals surface area contributed by atoms with Gasteiger partial charge < -0.3 is 19.6 Å². The fourth-order valence-electron chi connectivity index (χ4n) is 5.00. The van der Waals surface area contributed by atoms with Gasteiger partial charge in [-0.1, -0.05) is 48.5 Å². The van der Waals surface area contributed by atoms with E-state index in [1.165, 1.54) is 0 Å². The van der Waals surface area contributed by atoms with Crippen molar-refractivity contribution in [1.82, 2.24) is 20.0 Å². The van der Waals surface area contributed by atoms with Gasteiger partial charge in [-0.25, -0.2) is 0 Å². The number of aromatic nitrogens is 3. The molecule has 2 aromatic heterocycles. The standard InChI is InChI=1S/C26H28N4O3/c1-24(2,31)23-28-22(29-33-23)19-12-21(14-27-13-19)26(32,25(3)15-30(4)16-25)20-10-9-17-7-5-6-8-18(17)11-20/h5-14,31-32H,15-16H2,1-4H3/t26-/m0/s1. The lowest BCUT2D eigenvalue weighted by Crippen LogP contribution is -2.63. The molecule has 7 heteroatoms. The lowest BCUT2D eigenvalue weighted by atomic mass is 9.62. The highest BCUT2D eigenvalue weighted by Gasteiger charge is 2.55. The summed E-state index contributed by atoms with van der Waals surface area (Å²) in [6, 6.07) is 16.1. The Labute approximate surface area is 192 Å². The summed E-state index contributed by atoms with van der Waals surface area (Å²) in [5.41, 5.74) is -0.842. The second-order valence-corrected chi connectivity index (χ2v) is 9.95. The number of nitrogens with zero attached hydrogens (tertiary/aromatic N) is 4. The third-order valence-corrected chi connectivity index (χ3v) is 6.64. The number of benzene rings is 2. The first-order valence-corrected chi connectivity index (χ1v) is 11.0. The number of hydrogen-bond acceptors (Lipinski definition) is 7. The van der Waals surface area contributed by atoms with Gasteiger partial charge in [-0.05, 0) is 49.4 Å². The van der Waals surface area contributed by atoms with Crippen molar-refractivity contribution in [1.29, 1.82) is 0 Å². The summed E-state index contributed by atoms with van der Waals surface area (Å²) in [5, 5.41) is 28.8. The van der Waals surface area contributed by atoms with Crippen LogP contribution in [-0.2, 0) is 11.2 Å². The van der Waals surface area contributed by atoms with Gasteiger partial charge in [0.15, 0.2) is 0 Å². The molecule has 4 aromatic rings. The zero-order chi connectivity index (χ0) is 23.4. The number of hydrogen-bond donors (Lipinski definition) is 2. The molecule has 2 N–H and O–H groups in total. The molecule has 0 bridgehead atoms. The van der Waals surface area contributed by atoms with Gasteiger partial charge in [0.2, 0.25) is 5.82 Å². The van der Waals surface area contributed by atoms with Crippen LogP contribution in [0.1, 0.15) is 37.8 Å². The van der Waals surface area contributed by atoms with E-state index in [-0.39, 0.29) is 5.89 Å².